The van der Waals surface area contributed by atoms with E-state index in [-0.39, 0.29) is 11.2 Å². The molecule has 1 aliphatic rings. The molecule has 1 saturated heterocycles. The van der Waals surface area contributed by atoms with Crippen molar-refractivity contribution >= 4 is 5.78 Å². The molecule has 1 heterocycles. The summed E-state index contributed by atoms with van der Waals surface area (Å²) < 4.78 is 10.5. The molecule has 1 N–H and O–H groups in total. The molecule has 0 spiro atoms. The number of hydrogen-bond acceptors (Lipinski definition) is 4. The normalized spacial score (nSPS) is 22.1. The van der Waals surface area contributed by atoms with Crippen LogP contribution in [0.4, 0.5) is 0 Å². The lowest BCUT2D eigenvalue weighted by Crippen LogP contribution is -2.38. The van der Waals surface area contributed by atoms with Crippen LogP contribution in [-0.2, 0) is 0 Å². The minimum atomic E-state index is -0.306. The van der Waals surface area contributed by atoms with Crippen LogP contribution < -0.4 is 14.8 Å². The standard InChI is InChI=1S/C16H23NO3/c1-11(2)16(7-8-17-10-16)15(18)12-5-6-13(19-3)14(9-12)20-4/h5-6,9,11,17H,7-8,10H2,1-4H3. The van der Waals surface area contributed by atoms with Gasteiger partial charge in [-0.25, -0.2) is 0 Å². The zero-order valence-corrected chi connectivity index (χ0v) is 12.7. The maximum Gasteiger partial charge on any atom is 0.170 e. The largest absolute Gasteiger partial charge is 0.493 e. The molecule has 0 saturated carbocycles. The van der Waals surface area contributed by atoms with Crippen LogP contribution in [-0.4, -0.2) is 33.1 Å². The molecule has 1 aliphatic heterocycles. The molecule has 1 fully saturated rings. The number of carbonyl (C=O) groups excluding carboxylic acids is 1. The van der Waals surface area contributed by atoms with E-state index in [4.69, 9.17) is 9.47 Å². The van der Waals surface area contributed by atoms with Gasteiger partial charge in [-0.1, -0.05) is 13.8 Å². The zero-order valence-electron chi connectivity index (χ0n) is 12.7. The van der Waals surface area contributed by atoms with Crippen molar-refractivity contribution in [2.45, 2.75) is 20.3 Å². The molecule has 2 rings (SSSR count). The molecular formula is C16H23NO3. The SMILES string of the molecule is COc1ccc(C(=O)C2(C(C)C)CCNC2)cc1OC. The average Bonchev–Trinajstić information content (AvgIpc) is 2.96. The van der Waals surface area contributed by atoms with Crippen molar-refractivity contribution in [3.8, 4) is 11.5 Å². The second-order valence-electron chi connectivity index (χ2n) is 5.64. The Morgan fingerprint density at radius 3 is 2.45 bits per heavy atom. The number of benzene rings is 1. The third-order valence-corrected chi connectivity index (χ3v) is 4.39. The molecule has 0 radical (unpaired) electrons. The van der Waals surface area contributed by atoms with Crippen LogP contribution in [0.3, 0.4) is 0 Å². The molecule has 4 nitrogen and oxygen atoms in total. The van der Waals surface area contributed by atoms with E-state index >= 15 is 0 Å². The first-order valence-electron chi connectivity index (χ1n) is 7.02. The van der Waals surface area contributed by atoms with Crippen LogP contribution in [0.15, 0.2) is 18.2 Å². The number of methoxy groups -OCH3 is 2. The lowest BCUT2D eigenvalue weighted by molar-refractivity contribution is 0.0739. The van der Waals surface area contributed by atoms with Crippen molar-refractivity contribution < 1.29 is 14.3 Å². The molecule has 110 valence electrons. The highest BCUT2D eigenvalue weighted by Crippen LogP contribution is 2.39. The third-order valence-electron chi connectivity index (χ3n) is 4.39. The highest BCUT2D eigenvalue weighted by Gasteiger charge is 2.44. The van der Waals surface area contributed by atoms with Crippen LogP contribution >= 0.6 is 0 Å². The predicted octanol–water partition coefficient (Wildman–Crippen LogP) is 2.52. The minimum absolute atomic E-state index is 0.193. The summed E-state index contributed by atoms with van der Waals surface area (Å²) in [5.74, 6) is 1.74. The fraction of sp³-hybridized carbons (Fsp3) is 0.562. The quantitative estimate of drug-likeness (QED) is 0.840. The van der Waals surface area contributed by atoms with E-state index in [1.807, 2.05) is 6.07 Å². The topological polar surface area (TPSA) is 47.6 Å². The number of Topliss-reactive ketones (excluding diaryl/α,β-unsaturated/α-hetero) is 1. The first kappa shape index (κ1) is 14.9. The smallest absolute Gasteiger partial charge is 0.170 e. The second-order valence-corrected chi connectivity index (χ2v) is 5.64. The van der Waals surface area contributed by atoms with Crippen molar-refractivity contribution in [1.29, 1.82) is 0 Å². The summed E-state index contributed by atoms with van der Waals surface area (Å²) in [6.45, 7) is 5.88. The number of ketones is 1. The summed E-state index contributed by atoms with van der Waals surface area (Å²) in [6.07, 6.45) is 0.887. The second kappa shape index (κ2) is 5.83. The molecule has 4 heteroatoms. The Hall–Kier alpha value is -1.55. The van der Waals surface area contributed by atoms with Gasteiger partial charge < -0.3 is 14.8 Å². The lowest BCUT2D eigenvalue weighted by Gasteiger charge is -2.31. The van der Waals surface area contributed by atoms with E-state index in [0.717, 1.165) is 19.5 Å². The Kier molecular flexibility index (Phi) is 4.33. The van der Waals surface area contributed by atoms with Crippen molar-refractivity contribution in [2.75, 3.05) is 27.3 Å². The van der Waals surface area contributed by atoms with Gasteiger partial charge in [-0.2, -0.15) is 0 Å². The number of rotatable bonds is 5. The molecule has 1 atom stereocenters. The first-order chi connectivity index (χ1) is 9.55. The van der Waals surface area contributed by atoms with Gasteiger partial charge >= 0.3 is 0 Å². The Balaban J connectivity index is 2.37. The predicted molar refractivity (Wildman–Crippen MR) is 78.6 cm³/mol. The van der Waals surface area contributed by atoms with Gasteiger partial charge in [0.1, 0.15) is 0 Å². The molecular weight excluding hydrogens is 254 g/mol. The van der Waals surface area contributed by atoms with Crippen LogP contribution in [0.2, 0.25) is 0 Å². The number of ether oxygens (including phenoxy) is 2. The number of nitrogens with one attached hydrogen (secondary N) is 1. The van der Waals surface area contributed by atoms with E-state index < -0.39 is 0 Å². The monoisotopic (exact) mass is 277 g/mol. The molecule has 1 aromatic carbocycles. The number of carbonyl (C=O) groups is 1. The molecule has 0 bridgehead atoms. The highest BCUT2D eigenvalue weighted by atomic mass is 16.5. The van der Waals surface area contributed by atoms with Gasteiger partial charge in [0.15, 0.2) is 17.3 Å². The Labute approximate surface area is 120 Å². The summed E-state index contributed by atoms with van der Waals surface area (Å²) in [4.78, 5) is 12.9. The Bertz CT molecular complexity index is 490. The molecule has 1 unspecified atom stereocenters. The van der Waals surface area contributed by atoms with Gasteiger partial charge in [-0.15, -0.1) is 0 Å². The summed E-state index contributed by atoms with van der Waals surface area (Å²) in [5, 5.41) is 3.32. The van der Waals surface area contributed by atoms with E-state index in [9.17, 15) is 4.79 Å². The summed E-state index contributed by atoms with van der Waals surface area (Å²) in [7, 11) is 3.18. The zero-order chi connectivity index (χ0) is 14.8. The van der Waals surface area contributed by atoms with Gasteiger partial charge in [0.05, 0.1) is 14.2 Å². The lowest BCUT2D eigenvalue weighted by atomic mass is 9.71. The third kappa shape index (κ3) is 2.40. The van der Waals surface area contributed by atoms with Crippen LogP contribution in [0.25, 0.3) is 0 Å². The fourth-order valence-electron chi connectivity index (χ4n) is 2.92. The van der Waals surface area contributed by atoms with Crippen molar-refractivity contribution in [2.24, 2.45) is 11.3 Å². The van der Waals surface area contributed by atoms with E-state index in [1.165, 1.54) is 0 Å². The maximum absolute atomic E-state index is 12.9. The molecule has 0 aliphatic carbocycles. The van der Waals surface area contributed by atoms with E-state index in [2.05, 4.69) is 19.2 Å². The van der Waals surface area contributed by atoms with Gasteiger partial charge in [0.25, 0.3) is 0 Å². The van der Waals surface area contributed by atoms with Crippen LogP contribution in [0.5, 0.6) is 11.5 Å². The van der Waals surface area contributed by atoms with Gasteiger partial charge in [-0.3, -0.25) is 4.79 Å². The molecule has 1 aromatic rings. The van der Waals surface area contributed by atoms with Gasteiger partial charge in [-0.05, 0) is 37.1 Å². The van der Waals surface area contributed by atoms with Gasteiger partial charge in [0.2, 0.25) is 0 Å². The summed E-state index contributed by atoms with van der Waals surface area (Å²) in [6, 6.07) is 5.40. The maximum atomic E-state index is 12.9. The van der Waals surface area contributed by atoms with E-state index in [1.54, 1.807) is 26.4 Å². The molecule has 0 aromatic heterocycles. The molecule has 20 heavy (non-hydrogen) atoms. The first-order valence-corrected chi connectivity index (χ1v) is 7.02. The highest BCUT2D eigenvalue weighted by molar-refractivity contribution is 6.01. The summed E-state index contributed by atoms with van der Waals surface area (Å²) in [5.41, 5.74) is 0.389. The van der Waals surface area contributed by atoms with Crippen molar-refractivity contribution in [1.82, 2.24) is 5.32 Å². The number of hydrogen-bond donors (Lipinski definition) is 1. The Morgan fingerprint density at radius 2 is 1.95 bits per heavy atom. The van der Waals surface area contributed by atoms with E-state index in [0.29, 0.717) is 23.0 Å². The van der Waals surface area contributed by atoms with Crippen molar-refractivity contribution in [3.63, 3.8) is 0 Å². The molecule has 0 amide bonds. The minimum Gasteiger partial charge on any atom is -0.493 e. The van der Waals surface area contributed by atoms with Gasteiger partial charge in [0, 0.05) is 17.5 Å². The van der Waals surface area contributed by atoms with Crippen LogP contribution in [0, 0.1) is 11.3 Å². The average molecular weight is 277 g/mol. The Morgan fingerprint density at radius 1 is 1.25 bits per heavy atom. The van der Waals surface area contributed by atoms with Crippen LogP contribution in [0.1, 0.15) is 30.6 Å². The fourth-order valence-corrected chi connectivity index (χ4v) is 2.92. The van der Waals surface area contributed by atoms with Crippen molar-refractivity contribution in [3.05, 3.63) is 23.8 Å². The summed E-state index contributed by atoms with van der Waals surface area (Å²) >= 11 is 0.